The van der Waals surface area contributed by atoms with E-state index in [4.69, 9.17) is 0 Å². The second kappa shape index (κ2) is 7.01. The van der Waals surface area contributed by atoms with Gasteiger partial charge in [0.1, 0.15) is 13.7 Å². The van der Waals surface area contributed by atoms with Gasteiger partial charge in [-0.05, 0) is 57.6 Å². The summed E-state index contributed by atoms with van der Waals surface area (Å²) in [6.45, 7) is 0. The fourth-order valence-corrected chi connectivity index (χ4v) is 3.25. The van der Waals surface area contributed by atoms with Crippen molar-refractivity contribution in [2.24, 2.45) is 0 Å². The molecule has 4 aromatic rings. The molecule has 0 bridgehead atoms. The summed E-state index contributed by atoms with van der Waals surface area (Å²) in [5.41, 5.74) is 7.85. The molecule has 0 aromatic heterocycles. The van der Waals surface area contributed by atoms with Crippen LogP contribution in [0, 0.1) is 5.82 Å². The Morgan fingerprint density at radius 1 is 0.462 bits per heavy atom. The molecule has 124 valence electrons. The van der Waals surface area contributed by atoms with Crippen molar-refractivity contribution in [2.75, 3.05) is 0 Å². The van der Waals surface area contributed by atoms with Gasteiger partial charge in [-0.1, -0.05) is 78.3 Å². The van der Waals surface area contributed by atoms with E-state index in [2.05, 4.69) is 68.5 Å². The van der Waals surface area contributed by atoms with E-state index in [1.807, 2.05) is 18.2 Å². The van der Waals surface area contributed by atoms with Gasteiger partial charge in [0, 0.05) is 0 Å². The van der Waals surface area contributed by atoms with Crippen molar-refractivity contribution in [1.82, 2.24) is 0 Å². The molecule has 4 aromatic carbocycles. The maximum absolute atomic E-state index is 13.5. The van der Waals surface area contributed by atoms with Crippen LogP contribution in [-0.2, 0) is 0 Å². The standard InChI is InChI=1S/C24H18BF/c25-23-11-3-9-21(15-23)19-7-1-5-17(13-19)18-6-2-8-20(14-18)22-10-4-12-24(26)16-22/h1-16H,25H2. The molecule has 0 spiro atoms. The largest absolute Gasteiger partial charge is 0.207 e. The minimum Gasteiger partial charge on any atom is -0.207 e. The second-order valence-electron chi connectivity index (χ2n) is 6.54. The minimum absolute atomic E-state index is 0.214. The van der Waals surface area contributed by atoms with E-state index in [0.29, 0.717) is 0 Å². The molecule has 0 aliphatic rings. The predicted molar refractivity (Wildman–Crippen MR) is 111 cm³/mol. The van der Waals surface area contributed by atoms with Gasteiger partial charge in [0.05, 0.1) is 0 Å². The summed E-state index contributed by atoms with van der Waals surface area (Å²) in [6.07, 6.45) is 0. The van der Waals surface area contributed by atoms with Crippen LogP contribution in [0.3, 0.4) is 0 Å². The molecule has 0 saturated carbocycles. The molecule has 0 fully saturated rings. The summed E-state index contributed by atoms with van der Waals surface area (Å²) < 4.78 is 13.5. The predicted octanol–water partition coefficient (Wildman–Crippen LogP) is 5.09. The first-order valence-electron chi connectivity index (χ1n) is 8.72. The van der Waals surface area contributed by atoms with E-state index < -0.39 is 0 Å². The van der Waals surface area contributed by atoms with Gasteiger partial charge in [-0.3, -0.25) is 0 Å². The van der Waals surface area contributed by atoms with Crippen molar-refractivity contribution in [2.45, 2.75) is 0 Å². The van der Waals surface area contributed by atoms with E-state index in [9.17, 15) is 4.39 Å². The number of hydrogen-bond donors (Lipinski definition) is 0. The molecule has 0 nitrogen and oxygen atoms in total. The third-order valence-electron chi connectivity index (χ3n) is 4.57. The van der Waals surface area contributed by atoms with Gasteiger partial charge < -0.3 is 0 Å². The fraction of sp³-hybridized carbons (Fsp3) is 0. The number of halogens is 1. The van der Waals surface area contributed by atoms with E-state index in [-0.39, 0.29) is 5.82 Å². The van der Waals surface area contributed by atoms with E-state index in [0.717, 1.165) is 22.3 Å². The monoisotopic (exact) mass is 336 g/mol. The molecular formula is C24H18BF. The molecule has 0 radical (unpaired) electrons. The van der Waals surface area contributed by atoms with Gasteiger partial charge in [0.25, 0.3) is 0 Å². The Labute approximate surface area is 154 Å². The van der Waals surface area contributed by atoms with Crippen LogP contribution >= 0.6 is 0 Å². The Hall–Kier alpha value is -3.13. The highest BCUT2D eigenvalue weighted by molar-refractivity contribution is 6.32. The lowest BCUT2D eigenvalue weighted by Crippen LogP contribution is -2.00. The van der Waals surface area contributed by atoms with Gasteiger partial charge in [-0.15, -0.1) is 0 Å². The molecule has 0 amide bonds. The van der Waals surface area contributed by atoms with Crippen LogP contribution in [0.25, 0.3) is 33.4 Å². The van der Waals surface area contributed by atoms with Crippen molar-refractivity contribution >= 4 is 13.3 Å². The van der Waals surface area contributed by atoms with Crippen LogP contribution in [0.2, 0.25) is 0 Å². The number of rotatable bonds is 3. The zero-order chi connectivity index (χ0) is 17.9. The molecule has 0 aliphatic heterocycles. The highest BCUT2D eigenvalue weighted by Crippen LogP contribution is 2.29. The Morgan fingerprint density at radius 3 is 1.31 bits per heavy atom. The lowest BCUT2D eigenvalue weighted by molar-refractivity contribution is 0.628. The summed E-state index contributed by atoms with van der Waals surface area (Å²) in [4.78, 5) is 0. The van der Waals surface area contributed by atoms with Crippen LogP contribution in [0.1, 0.15) is 0 Å². The third-order valence-corrected chi connectivity index (χ3v) is 4.57. The molecular weight excluding hydrogens is 318 g/mol. The number of hydrogen-bond acceptors (Lipinski definition) is 0. The fourth-order valence-electron chi connectivity index (χ4n) is 3.25. The average Bonchev–Trinajstić information content (AvgIpc) is 2.68. The van der Waals surface area contributed by atoms with Gasteiger partial charge in [0.15, 0.2) is 0 Å². The summed E-state index contributed by atoms with van der Waals surface area (Å²) in [5.74, 6) is -0.214. The van der Waals surface area contributed by atoms with Crippen molar-refractivity contribution in [1.29, 1.82) is 0 Å². The summed E-state index contributed by atoms with van der Waals surface area (Å²) in [6, 6.07) is 32.0. The summed E-state index contributed by atoms with van der Waals surface area (Å²) in [5, 5.41) is 0. The third kappa shape index (κ3) is 3.45. The Kier molecular flexibility index (Phi) is 4.41. The minimum atomic E-state index is -0.214. The summed E-state index contributed by atoms with van der Waals surface area (Å²) >= 11 is 0. The lowest BCUT2D eigenvalue weighted by atomic mass is 9.91. The van der Waals surface area contributed by atoms with Crippen molar-refractivity contribution in [3.8, 4) is 33.4 Å². The molecule has 0 saturated heterocycles. The van der Waals surface area contributed by atoms with Crippen molar-refractivity contribution in [3.05, 3.63) is 103 Å². The molecule has 0 aliphatic carbocycles. The SMILES string of the molecule is Bc1cccc(-c2cccc(-c3cccc(-c4cccc(F)c4)c3)c2)c1. The molecule has 4 rings (SSSR count). The van der Waals surface area contributed by atoms with Crippen molar-refractivity contribution < 1.29 is 4.39 Å². The highest BCUT2D eigenvalue weighted by atomic mass is 19.1. The maximum Gasteiger partial charge on any atom is 0.139 e. The molecule has 0 atom stereocenters. The molecule has 0 N–H and O–H groups in total. The van der Waals surface area contributed by atoms with E-state index in [1.54, 1.807) is 12.1 Å². The van der Waals surface area contributed by atoms with Gasteiger partial charge in [0.2, 0.25) is 0 Å². The summed E-state index contributed by atoms with van der Waals surface area (Å²) in [7, 11) is 2.11. The molecule has 0 heterocycles. The first-order chi connectivity index (χ1) is 12.7. The maximum atomic E-state index is 13.5. The average molecular weight is 336 g/mol. The van der Waals surface area contributed by atoms with Crippen molar-refractivity contribution in [3.63, 3.8) is 0 Å². The molecule has 2 heteroatoms. The second-order valence-corrected chi connectivity index (χ2v) is 6.54. The normalized spacial score (nSPS) is 10.7. The molecule has 0 unspecified atom stereocenters. The Bertz CT molecular complexity index is 982. The van der Waals surface area contributed by atoms with E-state index >= 15 is 0 Å². The van der Waals surface area contributed by atoms with Crippen LogP contribution < -0.4 is 5.46 Å². The topological polar surface area (TPSA) is 0 Å². The lowest BCUT2D eigenvalue weighted by Gasteiger charge is -2.09. The zero-order valence-corrected chi connectivity index (χ0v) is 14.6. The quantitative estimate of drug-likeness (QED) is 0.458. The molecule has 26 heavy (non-hydrogen) atoms. The van der Waals surface area contributed by atoms with Crippen LogP contribution in [0.5, 0.6) is 0 Å². The van der Waals surface area contributed by atoms with Crippen LogP contribution in [0.15, 0.2) is 97.1 Å². The Morgan fingerprint density at radius 2 is 0.846 bits per heavy atom. The smallest absolute Gasteiger partial charge is 0.139 e. The number of benzene rings is 4. The highest BCUT2D eigenvalue weighted by Gasteiger charge is 2.05. The first kappa shape index (κ1) is 16.3. The van der Waals surface area contributed by atoms with Gasteiger partial charge in [-0.2, -0.15) is 0 Å². The first-order valence-corrected chi connectivity index (χ1v) is 8.72. The van der Waals surface area contributed by atoms with Gasteiger partial charge in [-0.25, -0.2) is 4.39 Å². The zero-order valence-electron chi connectivity index (χ0n) is 14.6. The Balaban J connectivity index is 1.75. The van der Waals surface area contributed by atoms with Crippen LogP contribution in [-0.4, -0.2) is 7.85 Å². The van der Waals surface area contributed by atoms with Crippen LogP contribution in [0.4, 0.5) is 4.39 Å². The van der Waals surface area contributed by atoms with Gasteiger partial charge >= 0.3 is 0 Å². The van der Waals surface area contributed by atoms with E-state index in [1.165, 1.54) is 22.7 Å².